The first-order valence-corrected chi connectivity index (χ1v) is 6.95. The molecule has 2 heterocycles. The Kier molecular flexibility index (Phi) is 3.87. The maximum absolute atomic E-state index is 11.7. The van der Waals surface area contributed by atoms with Crippen LogP contribution < -0.4 is 4.74 Å². The smallest absolute Gasteiger partial charge is 0.354 e. The number of hydrogen-bond acceptors (Lipinski definition) is 6. The number of rotatable bonds is 4. The Morgan fingerprint density at radius 2 is 2.04 bits per heavy atom. The number of hydrogen-bond donors (Lipinski definition) is 0. The van der Waals surface area contributed by atoms with E-state index in [1.165, 1.54) is 19.2 Å². The molecule has 24 heavy (non-hydrogen) atoms. The van der Waals surface area contributed by atoms with E-state index >= 15 is 0 Å². The molecule has 2 aromatic heterocycles. The Morgan fingerprint density at radius 1 is 1.25 bits per heavy atom. The van der Waals surface area contributed by atoms with Crippen molar-refractivity contribution >= 4 is 22.6 Å². The van der Waals surface area contributed by atoms with Gasteiger partial charge in [-0.15, -0.1) is 0 Å². The topological polar surface area (TPSA) is 96.5 Å². The van der Waals surface area contributed by atoms with Crippen LogP contribution in [0.15, 0.2) is 42.6 Å². The summed E-state index contributed by atoms with van der Waals surface area (Å²) in [5.74, 6) is 0.317. The molecule has 3 rings (SSSR count). The number of pyridine rings is 1. The highest BCUT2D eigenvalue weighted by molar-refractivity contribution is 5.95. The van der Waals surface area contributed by atoms with Crippen LogP contribution in [0, 0.1) is 10.1 Å². The first-order chi connectivity index (χ1) is 11.5. The lowest BCUT2D eigenvalue weighted by molar-refractivity contribution is -0.385. The van der Waals surface area contributed by atoms with Crippen LogP contribution in [0.3, 0.4) is 0 Å². The minimum absolute atomic E-state index is 0.108. The highest BCUT2D eigenvalue weighted by Crippen LogP contribution is 2.27. The van der Waals surface area contributed by atoms with Gasteiger partial charge < -0.3 is 14.0 Å². The maximum atomic E-state index is 11.7. The molecule has 8 nitrogen and oxygen atoms in total. The third kappa shape index (κ3) is 2.76. The van der Waals surface area contributed by atoms with E-state index in [2.05, 4.69) is 4.98 Å². The number of nitro groups is 1. The standard InChI is InChI=1S/C16H13N3O5/c1-18-13-8-12(5-3-10(13)7-14(18)16(20)23-2)24-15-6-4-11(9-17-15)19(21)22/h3-9H,1-2H3. The Morgan fingerprint density at radius 3 is 2.67 bits per heavy atom. The Labute approximate surface area is 136 Å². The van der Waals surface area contributed by atoms with Gasteiger partial charge in [-0.2, -0.15) is 0 Å². The molecule has 0 aliphatic heterocycles. The molecule has 0 atom stereocenters. The monoisotopic (exact) mass is 327 g/mol. The third-order valence-electron chi connectivity index (χ3n) is 3.57. The molecular weight excluding hydrogens is 314 g/mol. The fourth-order valence-corrected chi connectivity index (χ4v) is 2.34. The van der Waals surface area contributed by atoms with Crippen LogP contribution in [0.4, 0.5) is 5.69 Å². The molecule has 8 heteroatoms. The largest absolute Gasteiger partial charge is 0.464 e. The molecule has 3 aromatic rings. The third-order valence-corrected chi connectivity index (χ3v) is 3.57. The van der Waals surface area contributed by atoms with Gasteiger partial charge >= 0.3 is 5.97 Å². The molecule has 0 amide bonds. The number of ether oxygens (including phenoxy) is 2. The van der Waals surface area contributed by atoms with Gasteiger partial charge in [0.15, 0.2) is 0 Å². The predicted octanol–water partition coefficient (Wildman–Crippen LogP) is 3.06. The van der Waals surface area contributed by atoms with Gasteiger partial charge in [0.2, 0.25) is 5.88 Å². The van der Waals surface area contributed by atoms with Crippen LogP contribution in [-0.4, -0.2) is 27.6 Å². The van der Waals surface area contributed by atoms with Gasteiger partial charge in [-0.1, -0.05) is 0 Å². The van der Waals surface area contributed by atoms with Crippen molar-refractivity contribution in [3.05, 3.63) is 58.4 Å². The van der Waals surface area contributed by atoms with E-state index in [-0.39, 0.29) is 11.6 Å². The number of esters is 1. The second kappa shape index (κ2) is 5.99. The number of carbonyl (C=O) groups is 1. The Hall–Kier alpha value is -3.42. The van der Waals surface area contributed by atoms with E-state index in [4.69, 9.17) is 9.47 Å². The zero-order valence-electron chi connectivity index (χ0n) is 12.9. The molecule has 122 valence electrons. The minimum Gasteiger partial charge on any atom is -0.464 e. The van der Waals surface area contributed by atoms with Crippen molar-refractivity contribution in [2.45, 2.75) is 0 Å². The molecule has 0 saturated carbocycles. The summed E-state index contributed by atoms with van der Waals surface area (Å²) in [4.78, 5) is 25.7. The summed E-state index contributed by atoms with van der Waals surface area (Å²) < 4.78 is 12.1. The molecule has 0 bridgehead atoms. The second-order valence-corrected chi connectivity index (χ2v) is 5.01. The Bertz CT molecular complexity index is 931. The van der Waals surface area contributed by atoms with Crippen LogP contribution in [0.2, 0.25) is 0 Å². The van der Waals surface area contributed by atoms with Crippen LogP contribution in [-0.2, 0) is 11.8 Å². The van der Waals surface area contributed by atoms with E-state index in [0.29, 0.717) is 11.4 Å². The van der Waals surface area contributed by atoms with Gasteiger partial charge in [0.05, 0.1) is 17.5 Å². The number of aryl methyl sites for hydroxylation is 1. The number of fused-ring (bicyclic) bond motifs is 1. The highest BCUT2D eigenvalue weighted by Gasteiger charge is 2.14. The normalized spacial score (nSPS) is 10.6. The molecule has 0 spiro atoms. The number of nitrogens with zero attached hydrogens (tertiary/aromatic N) is 3. The van der Waals surface area contributed by atoms with Gasteiger partial charge in [0.1, 0.15) is 17.6 Å². The number of methoxy groups -OCH3 is 1. The first-order valence-electron chi connectivity index (χ1n) is 6.95. The van der Waals surface area contributed by atoms with Gasteiger partial charge in [0.25, 0.3) is 5.69 Å². The van der Waals surface area contributed by atoms with E-state index in [1.807, 2.05) is 6.07 Å². The van der Waals surface area contributed by atoms with Crippen molar-refractivity contribution in [2.24, 2.45) is 7.05 Å². The van der Waals surface area contributed by atoms with Gasteiger partial charge in [-0.3, -0.25) is 10.1 Å². The first kappa shape index (κ1) is 15.5. The van der Waals surface area contributed by atoms with Crippen molar-refractivity contribution < 1.29 is 19.2 Å². The second-order valence-electron chi connectivity index (χ2n) is 5.01. The summed E-state index contributed by atoms with van der Waals surface area (Å²) >= 11 is 0. The number of benzene rings is 1. The van der Waals surface area contributed by atoms with Gasteiger partial charge in [0, 0.05) is 30.6 Å². The number of carbonyl (C=O) groups excluding carboxylic acids is 1. The van der Waals surface area contributed by atoms with E-state index in [1.54, 1.807) is 29.8 Å². The lowest BCUT2D eigenvalue weighted by atomic mass is 10.2. The summed E-state index contributed by atoms with van der Waals surface area (Å²) in [5, 5.41) is 11.5. The SMILES string of the molecule is COC(=O)c1cc2ccc(Oc3ccc([N+](=O)[O-])cn3)cc2n1C. The van der Waals surface area contributed by atoms with Crippen LogP contribution in [0.25, 0.3) is 10.9 Å². The van der Waals surface area contributed by atoms with E-state index in [9.17, 15) is 14.9 Å². The fraction of sp³-hybridized carbons (Fsp3) is 0.125. The maximum Gasteiger partial charge on any atom is 0.354 e. The summed E-state index contributed by atoms with van der Waals surface area (Å²) in [6.07, 6.45) is 1.13. The van der Waals surface area contributed by atoms with Crippen molar-refractivity contribution in [1.29, 1.82) is 0 Å². The van der Waals surface area contributed by atoms with Crippen LogP contribution in [0.1, 0.15) is 10.5 Å². The van der Waals surface area contributed by atoms with Gasteiger partial charge in [-0.25, -0.2) is 9.78 Å². The quantitative estimate of drug-likeness (QED) is 0.415. The average molecular weight is 327 g/mol. The highest BCUT2D eigenvalue weighted by atomic mass is 16.6. The Balaban J connectivity index is 1.91. The lowest BCUT2D eigenvalue weighted by Gasteiger charge is -2.06. The summed E-state index contributed by atoms with van der Waals surface area (Å²) in [5.41, 5.74) is 1.11. The molecular formula is C16H13N3O5. The molecule has 0 unspecified atom stereocenters. The van der Waals surface area contributed by atoms with Crippen molar-refractivity contribution in [3.63, 3.8) is 0 Å². The number of aromatic nitrogens is 2. The van der Waals surface area contributed by atoms with E-state index in [0.717, 1.165) is 17.1 Å². The van der Waals surface area contributed by atoms with Crippen molar-refractivity contribution in [1.82, 2.24) is 9.55 Å². The minimum atomic E-state index is -0.527. The average Bonchev–Trinajstić information content (AvgIpc) is 2.91. The predicted molar refractivity (Wildman–Crippen MR) is 85.2 cm³/mol. The molecule has 0 aliphatic carbocycles. The fourth-order valence-electron chi connectivity index (χ4n) is 2.34. The molecule has 1 aromatic carbocycles. The molecule has 0 N–H and O–H groups in total. The molecule has 0 radical (unpaired) electrons. The van der Waals surface area contributed by atoms with E-state index < -0.39 is 10.9 Å². The van der Waals surface area contributed by atoms with Crippen molar-refractivity contribution in [3.8, 4) is 11.6 Å². The summed E-state index contributed by atoms with van der Waals surface area (Å²) in [7, 11) is 3.08. The van der Waals surface area contributed by atoms with Crippen LogP contribution in [0.5, 0.6) is 11.6 Å². The lowest BCUT2D eigenvalue weighted by Crippen LogP contribution is -2.06. The zero-order valence-corrected chi connectivity index (χ0v) is 12.9. The molecule has 0 fully saturated rings. The summed E-state index contributed by atoms with van der Waals surface area (Å²) in [6, 6.07) is 9.76. The summed E-state index contributed by atoms with van der Waals surface area (Å²) in [6.45, 7) is 0. The van der Waals surface area contributed by atoms with Gasteiger partial charge in [-0.05, 0) is 18.2 Å². The molecule has 0 saturated heterocycles. The zero-order chi connectivity index (χ0) is 17.3. The van der Waals surface area contributed by atoms with Crippen molar-refractivity contribution in [2.75, 3.05) is 7.11 Å². The molecule has 0 aliphatic rings. The van der Waals surface area contributed by atoms with Crippen LogP contribution >= 0.6 is 0 Å².